The third-order valence-corrected chi connectivity index (χ3v) is 5.07. The van der Waals surface area contributed by atoms with Crippen LogP contribution in [0.5, 0.6) is 0 Å². The molecule has 0 atom stereocenters. The maximum absolute atomic E-state index is 12.7. The summed E-state index contributed by atoms with van der Waals surface area (Å²) in [5.74, 6) is -0.127. The maximum Gasteiger partial charge on any atom is 0.274 e. The van der Waals surface area contributed by atoms with Crippen LogP contribution in [-0.2, 0) is 9.59 Å². The SMILES string of the molecule is CC(=O)N1CCC(C(=O)N2CCN(C(=O)c3ccc(=O)[nH]n3)CC2)CC1. The smallest absolute Gasteiger partial charge is 0.274 e. The van der Waals surface area contributed by atoms with Crippen LogP contribution in [-0.4, -0.2) is 81.9 Å². The fourth-order valence-corrected chi connectivity index (χ4v) is 3.46. The fourth-order valence-electron chi connectivity index (χ4n) is 3.46. The Kier molecular flexibility index (Phi) is 5.34. The number of hydrogen-bond acceptors (Lipinski definition) is 5. The van der Waals surface area contributed by atoms with E-state index in [-0.39, 0.29) is 34.9 Å². The predicted octanol–water partition coefficient (Wildman–Crippen LogP) is -0.687. The molecule has 0 saturated carbocycles. The molecule has 0 spiro atoms. The molecule has 2 fully saturated rings. The van der Waals surface area contributed by atoms with Crippen LogP contribution in [0.1, 0.15) is 30.3 Å². The van der Waals surface area contributed by atoms with E-state index in [1.54, 1.807) is 21.6 Å². The average Bonchev–Trinajstić information content (AvgIpc) is 2.67. The first-order chi connectivity index (χ1) is 12.5. The fraction of sp³-hybridized carbons (Fsp3) is 0.588. The second-order valence-electron chi connectivity index (χ2n) is 6.70. The number of rotatable bonds is 2. The van der Waals surface area contributed by atoms with E-state index in [0.29, 0.717) is 52.1 Å². The Bertz CT molecular complexity index is 725. The molecule has 0 radical (unpaired) electrons. The number of nitrogens with zero attached hydrogens (tertiary/aromatic N) is 4. The molecule has 0 bridgehead atoms. The van der Waals surface area contributed by atoms with Crippen molar-refractivity contribution in [3.63, 3.8) is 0 Å². The molecule has 1 aromatic heterocycles. The lowest BCUT2D eigenvalue weighted by Gasteiger charge is -2.38. The largest absolute Gasteiger partial charge is 0.343 e. The predicted molar refractivity (Wildman–Crippen MR) is 92.3 cm³/mol. The Morgan fingerprint density at radius 2 is 1.58 bits per heavy atom. The summed E-state index contributed by atoms with van der Waals surface area (Å²) in [4.78, 5) is 52.7. The molecule has 2 saturated heterocycles. The number of piperidine rings is 1. The third kappa shape index (κ3) is 3.92. The molecule has 0 aliphatic carbocycles. The van der Waals surface area contributed by atoms with E-state index in [4.69, 9.17) is 0 Å². The van der Waals surface area contributed by atoms with Crippen LogP contribution in [0.3, 0.4) is 0 Å². The first-order valence-electron chi connectivity index (χ1n) is 8.85. The summed E-state index contributed by atoms with van der Waals surface area (Å²) < 4.78 is 0. The molecule has 3 heterocycles. The highest BCUT2D eigenvalue weighted by molar-refractivity contribution is 5.92. The summed E-state index contributed by atoms with van der Waals surface area (Å²) in [6, 6.07) is 2.68. The molecule has 3 rings (SSSR count). The minimum Gasteiger partial charge on any atom is -0.343 e. The van der Waals surface area contributed by atoms with Crippen LogP contribution in [0.15, 0.2) is 16.9 Å². The van der Waals surface area contributed by atoms with Gasteiger partial charge >= 0.3 is 0 Å². The van der Waals surface area contributed by atoms with E-state index >= 15 is 0 Å². The van der Waals surface area contributed by atoms with E-state index in [1.807, 2.05) is 0 Å². The van der Waals surface area contributed by atoms with Crippen LogP contribution in [0.2, 0.25) is 0 Å². The summed E-state index contributed by atoms with van der Waals surface area (Å²) in [5, 5.41) is 6.02. The monoisotopic (exact) mass is 361 g/mol. The van der Waals surface area contributed by atoms with Gasteiger partial charge in [0, 0.05) is 58.2 Å². The summed E-state index contributed by atoms with van der Waals surface area (Å²) in [6.45, 7) is 4.66. The van der Waals surface area contributed by atoms with Gasteiger partial charge in [0.05, 0.1) is 0 Å². The molecule has 140 valence electrons. The topological polar surface area (TPSA) is 107 Å². The van der Waals surface area contributed by atoms with Gasteiger partial charge in [0.25, 0.3) is 11.5 Å². The van der Waals surface area contributed by atoms with Gasteiger partial charge in [-0.15, -0.1) is 0 Å². The Hall–Kier alpha value is -2.71. The molecule has 0 unspecified atom stereocenters. The van der Waals surface area contributed by atoms with Gasteiger partial charge in [-0.1, -0.05) is 0 Å². The molecule has 1 aromatic rings. The quantitative estimate of drug-likeness (QED) is 0.751. The van der Waals surface area contributed by atoms with Crippen molar-refractivity contribution in [2.75, 3.05) is 39.3 Å². The van der Waals surface area contributed by atoms with Gasteiger partial charge < -0.3 is 14.7 Å². The minimum atomic E-state index is -0.354. The lowest BCUT2D eigenvalue weighted by molar-refractivity contribution is -0.141. The number of aromatic amines is 1. The van der Waals surface area contributed by atoms with Crippen LogP contribution >= 0.6 is 0 Å². The number of nitrogens with one attached hydrogen (secondary N) is 1. The molecule has 0 aromatic carbocycles. The van der Waals surface area contributed by atoms with Gasteiger partial charge in [0.1, 0.15) is 5.69 Å². The molecule has 2 aliphatic heterocycles. The molecule has 9 heteroatoms. The zero-order valence-electron chi connectivity index (χ0n) is 14.8. The average molecular weight is 361 g/mol. The molecular formula is C17H23N5O4. The van der Waals surface area contributed by atoms with Crippen molar-refractivity contribution in [2.45, 2.75) is 19.8 Å². The van der Waals surface area contributed by atoms with E-state index < -0.39 is 0 Å². The summed E-state index contributed by atoms with van der Waals surface area (Å²) >= 11 is 0. The number of H-pyrrole nitrogens is 1. The summed E-state index contributed by atoms with van der Waals surface area (Å²) in [5.41, 5.74) is -0.159. The molecule has 26 heavy (non-hydrogen) atoms. The first-order valence-corrected chi connectivity index (χ1v) is 8.85. The third-order valence-electron chi connectivity index (χ3n) is 5.07. The van der Waals surface area contributed by atoms with Gasteiger partial charge in [0.15, 0.2) is 0 Å². The number of carbonyl (C=O) groups is 3. The van der Waals surface area contributed by atoms with Gasteiger partial charge in [-0.25, -0.2) is 5.10 Å². The van der Waals surface area contributed by atoms with Crippen LogP contribution < -0.4 is 5.56 Å². The summed E-state index contributed by atoms with van der Waals surface area (Å²) in [7, 11) is 0. The first kappa shape index (κ1) is 18.1. The number of amides is 3. The Morgan fingerprint density at radius 3 is 2.12 bits per heavy atom. The maximum atomic E-state index is 12.7. The van der Waals surface area contributed by atoms with Crippen molar-refractivity contribution in [2.24, 2.45) is 5.92 Å². The highest BCUT2D eigenvalue weighted by atomic mass is 16.2. The van der Waals surface area contributed by atoms with E-state index in [9.17, 15) is 19.2 Å². The normalized spacial score (nSPS) is 18.7. The van der Waals surface area contributed by atoms with E-state index in [2.05, 4.69) is 10.2 Å². The zero-order valence-corrected chi connectivity index (χ0v) is 14.8. The second kappa shape index (κ2) is 7.67. The van der Waals surface area contributed by atoms with Gasteiger partial charge in [0.2, 0.25) is 11.8 Å². The van der Waals surface area contributed by atoms with Crippen molar-refractivity contribution in [3.05, 3.63) is 28.2 Å². The number of aromatic nitrogens is 2. The Morgan fingerprint density at radius 1 is 0.962 bits per heavy atom. The van der Waals surface area contributed by atoms with Gasteiger partial charge in [-0.3, -0.25) is 19.2 Å². The van der Waals surface area contributed by atoms with Crippen molar-refractivity contribution in [3.8, 4) is 0 Å². The van der Waals surface area contributed by atoms with E-state index in [0.717, 1.165) is 0 Å². The second-order valence-corrected chi connectivity index (χ2v) is 6.70. The summed E-state index contributed by atoms with van der Waals surface area (Å²) in [6.07, 6.45) is 1.39. The lowest BCUT2D eigenvalue weighted by Crippen LogP contribution is -2.53. The molecule has 2 aliphatic rings. The van der Waals surface area contributed by atoms with Crippen molar-refractivity contribution in [1.82, 2.24) is 24.9 Å². The molecular weight excluding hydrogens is 338 g/mol. The highest BCUT2D eigenvalue weighted by Crippen LogP contribution is 2.20. The van der Waals surface area contributed by atoms with Crippen LogP contribution in [0.25, 0.3) is 0 Å². The number of piperazine rings is 1. The number of carbonyl (C=O) groups excluding carboxylic acids is 3. The van der Waals surface area contributed by atoms with Crippen molar-refractivity contribution in [1.29, 1.82) is 0 Å². The van der Waals surface area contributed by atoms with Crippen molar-refractivity contribution >= 4 is 17.7 Å². The van der Waals surface area contributed by atoms with Crippen LogP contribution in [0.4, 0.5) is 0 Å². The van der Waals surface area contributed by atoms with Crippen LogP contribution in [0, 0.1) is 5.92 Å². The minimum absolute atomic E-state index is 0.0475. The Labute approximate surface area is 150 Å². The molecule has 9 nitrogen and oxygen atoms in total. The van der Waals surface area contributed by atoms with Crippen molar-refractivity contribution < 1.29 is 14.4 Å². The van der Waals surface area contributed by atoms with Gasteiger partial charge in [-0.2, -0.15) is 5.10 Å². The number of likely N-dealkylation sites (tertiary alicyclic amines) is 1. The molecule has 3 amide bonds. The van der Waals surface area contributed by atoms with E-state index in [1.165, 1.54) is 12.1 Å². The van der Waals surface area contributed by atoms with Gasteiger partial charge in [-0.05, 0) is 18.9 Å². The Balaban J connectivity index is 1.51. The number of hydrogen-bond donors (Lipinski definition) is 1. The standard InChI is InChI=1S/C17H23N5O4/c1-12(23)20-6-4-13(5-7-20)16(25)21-8-10-22(11-9-21)17(26)14-2-3-15(24)19-18-14/h2-3,13H,4-11H2,1H3,(H,19,24). The zero-order chi connectivity index (χ0) is 18.7. The highest BCUT2D eigenvalue weighted by Gasteiger charge is 2.32. The lowest BCUT2D eigenvalue weighted by atomic mass is 9.95. The molecule has 1 N–H and O–H groups in total.